The van der Waals surface area contributed by atoms with Crippen LogP contribution in [0.1, 0.15) is 6.42 Å². The largest absolute Gasteiger partial charge is 0.378 e. The summed E-state index contributed by atoms with van der Waals surface area (Å²) in [6.07, 6.45) is 4.45. The first-order valence-electron chi connectivity index (χ1n) is 8.82. The average molecular weight is 378 g/mol. The fourth-order valence-corrected chi connectivity index (χ4v) is 5.58. The summed E-state index contributed by atoms with van der Waals surface area (Å²) in [6.45, 7) is 4.75. The van der Waals surface area contributed by atoms with Gasteiger partial charge in [-0.15, -0.1) is 0 Å². The lowest BCUT2D eigenvalue weighted by Gasteiger charge is -2.29. The van der Waals surface area contributed by atoms with Gasteiger partial charge in [0.1, 0.15) is 5.82 Å². The van der Waals surface area contributed by atoms with Crippen LogP contribution in [-0.4, -0.2) is 81.1 Å². The molecule has 26 heavy (non-hydrogen) atoms. The second-order valence-electron chi connectivity index (χ2n) is 6.65. The van der Waals surface area contributed by atoms with Crippen molar-refractivity contribution < 1.29 is 13.2 Å². The number of anilines is 2. The van der Waals surface area contributed by atoms with Crippen LogP contribution in [0.2, 0.25) is 0 Å². The molecule has 0 saturated carbocycles. The Labute approximate surface area is 153 Å². The molecular weight excluding hydrogens is 356 g/mol. The van der Waals surface area contributed by atoms with E-state index >= 15 is 0 Å². The number of morpholine rings is 1. The van der Waals surface area contributed by atoms with Crippen molar-refractivity contribution in [3.05, 3.63) is 18.3 Å². The molecule has 0 aromatic carbocycles. The summed E-state index contributed by atoms with van der Waals surface area (Å²) >= 11 is 0. The van der Waals surface area contributed by atoms with Crippen molar-refractivity contribution in [2.24, 2.45) is 0 Å². The van der Waals surface area contributed by atoms with Gasteiger partial charge in [-0.2, -0.15) is 18.0 Å². The SMILES string of the molecule is N#CN1CC[C@@H](N2CCN(c3ccnc(N4CCOCC4)c3)S2(=O)=O)C1. The van der Waals surface area contributed by atoms with Gasteiger partial charge < -0.3 is 14.5 Å². The number of nitriles is 1. The van der Waals surface area contributed by atoms with E-state index in [0.717, 1.165) is 18.9 Å². The first kappa shape index (κ1) is 17.3. The number of likely N-dealkylation sites (tertiary alicyclic amines) is 1. The molecule has 3 saturated heterocycles. The van der Waals surface area contributed by atoms with Crippen molar-refractivity contribution >= 4 is 21.7 Å². The van der Waals surface area contributed by atoms with Crippen LogP contribution in [0.25, 0.3) is 0 Å². The maximum Gasteiger partial charge on any atom is 0.304 e. The molecule has 3 aliphatic rings. The summed E-state index contributed by atoms with van der Waals surface area (Å²) in [5.41, 5.74) is 0.638. The molecule has 140 valence electrons. The lowest BCUT2D eigenvalue weighted by atomic mass is 10.2. The molecule has 1 atom stereocenters. The van der Waals surface area contributed by atoms with Gasteiger partial charge >= 0.3 is 10.2 Å². The van der Waals surface area contributed by atoms with E-state index in [-0.39, 0.29) is 6.04 Å². The van der Waals surface area contributed by atoms with Crippen LogP contribution in [0.4, 0.5) is 11.5 Å². The molecular formula is C16H22N6O3S. The average Bonchev–Trinajstić information content (AvgIpc) is 3.26. The van der Waals surface area contributed by atoms with Crippen molar-refractivity contribution in [1.29, 1.82) is 5.26 Å². The van der Waals surface area contributed by atoms with Crippen LogP contribution >= 0.6 is 0 Å². The molecule has 0 bridgehead atoms. The summed E-state index contributed by atoms with van der Waals surface area (Å²) in [6, 6.07) is 3.44. The van der Waals surface area contributed by atoms with E-state index in [9.17, 15) is 8.42 Å². The van der Waals surface area contributed by atoms with Gasteiger partial charge in [0.2, 0.25) is 0 Å². The van der Waals surface area contributed by atoms with Crippen LogP contribution in [0.3, 0.4) is 0 Å². The predicted octanol–water partition coefficient (Wildman–Crippen LogP) is -0.160. The Balaban J connectivity index is 1.54. The van der Waals surface area contributed by atoms with E-state index in [0.29, 0.717) is 51.5 Å². The minimum Gasteiger partial charge on any atom is -0.378 e. The summed E-state index contributed by atoms with van der Waals surface area (Å²) in [5.74, 6) is 0.774. The number of hydrogen-bond acceptors (Lipinski definition) is 7. The molecule has 0 spiro atoms. The van der Waals surface area contributed by atoms with Gasteiger partial charge in [-0.3, -0.25) is 4.31 Å². The highest BCUT2D eigenvalue weighted by molar-refractivity contribution is 7.90. The molecule has 0 radical (unpaired) electrons. The fraction of sp³-hybridized carbons (Fsp3) is 0.625. The van der Waals surface area contributed by atoms with Crippen molar-refractivity contribution in [2.45, 2.75) is 12.5 Å². The number of aromatic nitrogens is 1. The highest BCUT2D eigenvalue weighted by Crippen LogP contribution is 2.31. The smallest absolute Gasteiger partial charge is 0.304 e. The monoisotopic (exact) mass is 378 g/mol. The molecule has 1 aromatic heterocycles. The summed E-state index contributed by atoms with van der Waals surface area (Å²) < 4.78 is 34.5. The first-order valence-corrected chi connectivity index (χ1v) is 10.2. The van der Waals surface area contributed by atoms with Crippen LogP contribution in [0.5, 0.6) is 0 Å². The maximum absolute atomic E-state index is 13.1. The van der Waals surface area contributed by atoms with E-state index in [1.54, 1.807) is 21.5 Å². The molecule has 10 heteroatoms. The van der Waals surface area contributed by atoms with E-state index in [2.05, 4.69) is 16.1 Å². The van der Waals surface area contributed by atoms with E-state index in [4.69, 9.17) is 10.00 Å². The zero-order chi connectivity index (χ0) is 18.1. The number of pyridine rings is 1. The lowest BCUT2D eigenvalue weighted by molar-refractivity contribution is 0.122. The summed E-state index contributed by atoms with van der Waals surface area (Å²) in [5, 5.41) is 9.02. The lowest BCUT2D eigenvalue weighted by Crippen LogP contribution is -2.41. The van der Waals surface area contributed by atoms with Crippen LogP contribution in [0.15, 0.2) is 18.3 Å². The quantitative estimate of drug-likeness (QED) is 0.675. The third kappa shape index (κ3) is 3.06. The van der Waals surface area contributed by atoms with Gasteiger partial charge in [0.25, 0.3) is 0 Å². The first-order chi connectivity index (χ1) is 12.6. The second-order valence-corrected chi connectivity index (χ2v) is 8.46. The third-order valence-electron chi connectivity index (χ3n) is 5.16. The minimum atomic E-state index is -3.58. The standard InChI is InChI=1S/C16H22N6O3S/c17-13-19-4-2-15(12-19)22-6-5-21(26(22,23)24)14-1-3-18-16(11-14)20-7-9-25-10-8-20/h1,3,11,15H,2,4-10,12H2/t15-/m1/s1. The number of rotatable bonds is 3. The minimum absolute atomic E-state index is 0.134. The Hall–Kier alpha value is -2.09. The molecule has 0 aliphatic carbocycles. The van der Waals surface area contributed by atoms with Crippen LogP contribution in [0, 0.1) is 11.5 Å². The Morgan fingerprint density at radius 2 is 2.00 bits per heavy atom. The van der Waals surface area contributed by atoms with E-state index < -0.39 is 10.2 Å². The van der Waals surface area contributed by atoms with Crippen molar-refractivity contribution in [2.75, 3.05) is 61.7 Å². The molecule has 1 aromatic rings. The normalized spacial score (nSPS) is 26.3. The number of hydrogen-bond donors (Lipinski definition) is 0. The van der Waals surface area contributed by atoms with E-state index in [1.165, 1.54) is 4.31 Å². The summed E-state index contributed by atoms with van der Waals surface area (Å²) in [4.78, 5) is 8.12. The van der Waals surface area contributed by atoms with Gasteiger partial charge in [-0.05, 0) is 12.5 Å². The molecule has 4 rings (SSSR count). The van der Waals surface area contributed by atoms with Gasteiger partial charge in [-0.1, -0.05) is 0 Å². The van der Waals surface area contributed by atoms with E-state index in [1.807, 2.05) is 6.07 Å². The highest BCUT2D eigenvalue weighted by atomic mass is 32.2. The molecule has 4 heterocycles. The number of nitrogens with zero attached hydrogens (tertiary/aromatic N) is 6. The van der Waals surface area contributed by atoms with Crippen LogP contribution < -0.4 is 9.21 Å². The van der Waals surface area contributed by atoms with Gasteiger partial charge in [0.05, 0.1) is 18.9 Å². The van der Waals surface area contributed by atoms with Crippen molar-refractivity contribution in [3.63, 3.8) is 0 Å². The van der Waals surface area contributed by atoms with Gasteiger partial charge in [-0.25, -0.2) is 4.98 Å². The zero-order valence-corrected chi connectivity index (χ0v) is 15.3. The van der Waals surface area contributed by atoms with Crippen molar-refractivity contribution in [1.82, 2.24) is 14.2 Å². The second kappa shape index (κ2) is 6.90. The third-order valence-corrected chi connectivity index (χ3v) is 7.19. The van der Waals surface area contributed by atoms with Crippen LogP contribution in [-0.2, 0) is 14.9 Å². The fourth-order valence-electron chi connectivity index (χ4n) is 3.78. The topological polar surface area (TPSA) is 93.0 Å². The molecule has 0 unspecified atom stereocenters. The molecule has 3 fully saturated rings. The summed E-state index contributed by atoms with van der Waals surface area (Å²) in [7, 11) is -3.58. The van der Waals surface area contributed by atoms with Gasteiger partial charge in [0.15, 0.2) is 6.19 Å². The Kier molecular flexibility index (Phi) is 4.60. The Morgan fingerprint density at radius 3 is 2.73 bits per heavy atom. The highest BCUT2D eigenvalue weighted by Gasteiger charge is 2.43. The Morgan fingerprint density at radius 1 is 1.19 bits per heavy atom. The molecule has 0 amide bonds. The zero-order valence-electron chi connectivity index (χ0n) is 14.5. The van der Waals surface area contributed by atoms with Crippen molar-refractivity contribution in [3.8, 4) is 6.19 Å². The Bertz CT molecular complexity index is 804. The molecule has 9 nitrogen and oxygen atoms in total. The van der Waals surface area contributed by atoms with Gasteiger partial charge in [0, 0.05) is 57.6 Å². The maximum atomic E-state index is 13.1. The molecule has 3 aliphatic heterocycles. The molecule has 0 N–H and O–H groups in total. The number of ether oxygens (including phenoxy) is 1. The predicted molar refractivity (Wildman–Crippen MR) is 95.8 cm³/mol.